The van der Waals surface area contributed by atoms with Crippen LogP contribution in [0.4, 0.5) is 5.69 Å². The molecule has 0 spiro atoms. The number of piperazine rings is 1. The van der Waals surface area contributed by atoms with Crippen LogP contribution in [0.5, 0.6) is 0 Å². The maximum atomic E-state index is 13.1. The van der Waals surface area contributed by atoms with Gasteiger partial charge in [-0.2, -0.15) is 0 Å². The lowest BCUT2D eigenvalue weighted by Gasteiger charge is -2.32. The predicted octanol–water partition coefficient (Wildman–Crippen LogP) is 6.88. The molecule has 0 saturated carbocycles. The summed E-state index contributed by atoms with van der Waals surface area (Å²) in [6.07, 6.45) is 9.39. The van der Waals surface area contributed by atoms with Crippen molar-refractivity contribution in [3.63, 3.8) is 0 Å². The Morgan fingerprint density at radius 3 is 2.40 bits per heavy atom. The van der Waals surface area contributed by atoms with Gasteiger partial charge in [-0.15, -0.1) is 0 Å². The monoisotopic (exact) mass is 620 g/mol. The van der Waals surface area contributed by atoms with Crippen molar-refractivity contribution < 1.29 is 4.79 Å². The van der Waals surface area contributed by atoms with Crippen molar-refractivity contribution in [1.82, 2.24) is 24.8 Å². The molecule has 1 amide bonds. The largest absolute Gasteiger partial charge is 0.360 e. The van der Waals surface area contributed by atoms with E-state index in [9.17, 15) is 4.79 Å². The molecular formula is C34H33BrN6O. The van der Waals surface area contributed by atoms with Crippen LogP contribution in [0.2, 0.25) is 0 Å². The molecule has 6 rings (SSSR count). The minimum atomic E-state index is -0.135. The van der Waals surface area contributed by atoms with Gasteiger partial charge in [0.1, 0.15) is 0 Å². The average Bonchev–Trinajstić information content (AvgIpc) is 3.41. The lowest BCUT2D eigenvalue weighted by atomic mass is 9.97. The van der Waals surface area contributed by atoms with Crippen LogP contribution >= 0.6 is 15.9 Å². The molecule has 0 aliphatic carbocycles. The number of H-pyrrole nitrogens is 1. The second kappa shape index (κ2) is 12.4. The zero-order valence-corrected chi connectivity index (χ0v) is 25.4. The Hall–Kier alpha value is -4.11. The molecule has 5 aromatic rings. The Kier molecular flexibility index (Phi) is 8.28. The van der Waals surface area contributed by atoms with E-state index in [2.05, 4.69) is 66.0 Å². The summed E-state index contributed by atoms with van der Waals surface area (Å²) in [5.41, 5.74) is 9.91. The Labute approximate surface area is 254 Å². The Bertz CT molecular complexity index is 1690. The summed E-state index contributed by atoms with van der Waals surface area (Å²) in [6, 6.07) is 19.9. The van der Waals surface area contributed by atoms with Crippen molar-refractivity contribution in [3.8, 4) is 33.5 Å². The number of amides is 1. The summed E-state index contributed by atoms with van der Waals surface area (Å²) >= 11 is 3.69. The summed E-state index contributed by atoms with van der Waals surface area (Å²) in [6.45, 7) is 7.24. The van der Waals surface area contributed by atoms with Crippen molar-refractivity contribution in [2.75, 3.05) is 38.5 Å². The number of carbonyl (C=O) groups is 1. The van der Waals surface area contributed by atoms with Crippen LogP contribution in [-0.2, 0) is 6.54 Å². The van der Waals surface area contributed by atoms with E-state index in [1.807, 2.05) is 79.4 Å². The summed E-state index contributed by atoms with van der Waals surface area (Å²) in [5.74, 6) is -0.135. The number of rotatable bonds is 7. The molecule has 4 heterocycles. The van der Waals surface area contributed by atoms with E-state index >= 15 is 0 Å². The summed E-state index contributed by atoms with van der Waals surface area (Å²) < 4.78 is 0.959. The van der Waals surface area contributed by atoms with E-state index in [4.69, 9.17) is 0 Å². The van der Waals surface area contributed by atoms with E-state index < -0.39 is 0 Å². The van der Waals surface area contributed by atoms with E-state index in [1.54, 1.807) is 6.20 Å². The van der Waals surface area contributed by atoms with Gasteiger partial charge in [-0.25, -0.2) is 0 Å². The van der Waals surface area contributed by atoms with E-state index in [-0.39, 0.29) is 5.91 Å². The normalized spacial score (nSPS) is 14.2. The Morgan fingerprint density at radius 2 is 1.67 bits per heavy atom. The quantitative estimate of drug-likeness (QED) is 0.207. The number of hydrogen-bond acceptors (Lipinski definition) is 5. The molecule has 1 aliphatic heterocycles. The van der Waals surface area contributed by atoms with Crippen LogP contribution in [0.3, 0.4) is 0 Å². The number of halogens is 1. The third-order valence-corrected chi connectivity index (χ3v) is 8.57. The van der Waals surface area contributed by atoms with Gasteiger partial charge in [-0.1, -0.05) is 40.2 Å². The number of pyridine rings is 2. The lowest BCUT2D eigenvalue weighted by molar-refractivity contribution is 0.102. The minimum absolute atomic E-state index is 0.135. The highest BCUT2D eigenvalue weighted by atomic mass is 79.9. The van der Waals surface area contributed by atoms with Gasteiger partial charge in [-0.05, 0) is 67.1 Å². The zero-order chi connectivity index (χ0) is 29.1. The third-order valence-electron chi connectivity index (χ3n) is 7.84. The molecule has 1 aliphatic rings. The maximum absolute atomic E-state index is 13.1. The third kappa shape index (κ3) is 6.21. The number of hydrogen-bond donors (Lipinski definition) is 2. The first-order chi connectivity index (χ1) is 20.4. The summed E-state index contributed by atoms with van der Waals surface area (Å²) in [5, 5.41) is 3.05. The van der Waals surface area contributed by atoms with E-state index in [0.29, 0.717) is 5.56 Å². The standard InChI is InChI=1S/C34H33BrN6O/c1-23-18-38-33(32(23)29-16-28(20-37-21-29)26-4-3-11-36-19-26)24-7-9-30(10-8-24)39-34(42)25-5-6-27(31(35)17-25)22-41-14-12-40(2)13-15-41/h3-11,16-21,38H,12-15,22H2,1-2H3,(H,39,42). The molecular weight excluding hydrogens is 588 g/mol. The number of nitrogens with zero attached hydrogens (tertiary/aromatic N) is 4. The summed E-state index contributed by atoms with van der Waals surface area (Å²) in [4.78, 5) is 30.1. The number of likely N-dealkylation sites (N-methyl/N-ethyl adjacent to an activating group) is 1. The molecule has 2 N–H and O–H groups in total. The average molecular weight is 622 g/mol. The molecule has 7 nitrogen and oxygen atoms in total. The second-order valence-corrected chi connectivity index (χ2v) is 11.7. The van der Waals surface area contributed by atoms with Gasteiger partial charge < -0.3 is 15.2 Å². The number of aryl methyl sites for hydroxylation is 1. The van der Waals surface area contributed by atoms with Crippen molar-refractivity contribution >= 4 is 27.5 Å². The number of aromatic amines is 1. The smallest absolute Gasteiger partial charge is 0.255 e. The minimum Gasteiger partial charge on any atom is -0.360 e. The molecule has 2 aromatic carbocycles. The molecule has 1 fully saturated rings. The van der Waals surface area contributed by atoms with Crippen LogP contribution in [0.25, 0.3) is 33.5 Å². The highest BCUT2D eigenvalue weighted by Gasteiger charge is 2.17. The number of aromatic nitrogens is 3. The molecule has 3 aromatic heterocycles. The molecule has 0 radical (unpaired) electrons. The van der Waals surface area contributed by atoms with E-state index in [0.717, 1.165) is 82.0 Å². The fraction of sp³-hybridized carbons (Fsp3) is 0.206. The van der Waals surface area contributed by atoms with Crippen LogP contribution < -0.4 is 5.32 Å². The second-order valence-electron chi connectivity index (χ2n) is 10.8. The molecule has 212 valence electrons. The Balaban J connectivity index is 1.16. The molecule has 1 saturated heterocycles. The van der Waals surface area contributed by atoms with Gasteiger partial charge in [0.15, 0.2) is 0 Å². The lowest BCUT2D eigenvalue weighted by Crippen LogP contribution is -2.43. The first-order valence-corrected chi connectivity index (χ1v) is 14.9. The number of carbonyl (C=O) groups excluding carboxylic acids is 1. The number of nitrogens with one attached hydrogen (secondary N) is 2. The molecule has 8 heteroatoms. The molecule has 0 unspecified atom stereocenters. The van der Waals surface area contributed by atoms with Gasteiger partial charge in [0.25, 0.3) is 5.91 Å². The first-order valence-electron chi connectivity index (χ1n) is 14.1. The Morgan fingerprint density at radius 1 is 0.905 bits per heavy atom. The SMILES string of the molecule is Cc1c[nH]c(-c2ccc(NC(=O)c3ccc(CN4CCN(C)CC4)c(Br)c3)cc2)c1-c1cncc(-c2cccnc2)c1. The van der Waals surface area contributed by atoms with Crippen molar-refractivity contribution in [1.29, 1.82) is 0 Å². The van der Waals surface area contributed by atoms with Crippen molar-refractivity contribution in [2.45, 2.75) is 13.5 Å². The molecule has 0 bridgehead atoms. The molecule has 0 atom stereocenters. The maximum Gasteiger partial charge on any atom is 0.255 e. The van der Waals surface area contributed by atoms with Crippen LogP contribution in [0.1, 0.15) is 21.5 Å². The van der Waals surface area contributed by atoms with Crippen LogP contribution in [0.15, 0.2) is 96.1 Å². The highest BCUT2D eigenvalue weighted by molar-refractivity contribution is 9.10. The van der Waals surface area contributed by atoms with Gasteiger partial charge >= 0.3 is 0 Å². The fourth-order valence-corrected chi connectivity index (χ4v) is 5.88. The van der Waals surface area contributed by atoms with E-state index in [1.165, 1.54) is 5.56 Å². The van der Waals surface area contributed by atoms with Crippen molar-refractivity contribution in [3.05, 3.63) is 113 Å². The topological polar surface area (TPSA) is 77.2 Å². The van der Waals surface area contributed by atoms with Gasteiger partial charge in [0.2, 0.25) is 0 Å². The zero-order valence-electron chi connectivity index (χ0n) is 23.8. The van der Waals surface area contributed by atoms with Gasteiger partial charge in [0.05, 0.1) is 5.69 Å². The first kappa shape index (κ1) is 28.0. The number of anilines is 1. The number of benzene rings is 2. The summed E-state index contributed by atoms with van der Waals surface area (Å²) in [7, 11) is 2.16. The van der Waals surface area contributed by atoms with Gasteiger partial charge in [-0.3, -0.25) is 19.7 Å². The predicted molar refractivity (Wildman–Crippen MR) is 172 cm³/mol. The fourth-order valence-electron chi connectivity index (χ4n) is 5.38. The van der Waals surface area contributed by atoms with Crippen LogP contribution in [0, 0.1) is 6.92 Å². The van der Waals surface area contributed by atoms with Crippen LogP contribution in [-0.4, -0.2) is 63.9 Å². The van der Waals surface area contributed by atoms with Crippen molar-refractivity contribution in [2.24, 2.45) is 0 Å². The van der Waals surface area contributed by atoms with Gasteiger partial charge in [0, 0.05) is 102 Å². The highest BCUT2D eigenvalue weighted by Crippen LogP contribution is 2.36. The molecule has 42 heavy (non-hydrogen) atoms.